The van der Waals surface area contributed by atoms with Crippen LogP contribution in [0.2, 0.25) is 0 Å². The molecule has 1 fully saturated rings. The Morgan fingerprint density at radius 2 is 1.75 bits per heavy atom. The predicted octanol–water partition coefficient (Wildman–Crippen LogP) is 5.10. The van der Waals surface area contributed by atoms with E-state index in [1.165, 1.54) is 16.7 Å². The van der Waals surface area contributed by atoms with Gasteiger partial charge in [-0.1, -0.05) is 19.9 Å². The van der Waals surface area contributed by atoms with Gasteiger partial charge in [0.05, 0.1) is 22.1 Å². The Bertz CT molecular complexity index is 1320. The van der Waals surface area contributed by atoms with E-state index in [1.807, 2.05) is 0 Å². The second-order valence-electron chi connectivity index (χ2n) is 8.71. The summed E-state index contributed by atoms with van der Waals surface area (Å²) in [6, 6.07) is 8.98. The van der Waals surface area contributed by atoms with Gasteiger partial charge in [0.2, 0.25) is 0 Å². The maximum absolute atomic E-state index is 13.9. The molecule has 0 radical (unpaired) electrons. The first kappa shape index (κ1) is 22.5. The largest absolute Gasteiger partial charge is 0.490 e. The van der Waals surface area contributed by atoms with E-state index in [0.717, 1.165) is 25.7 Å². The number of benzene rings is 2. The zero-order valence-electron chi connectivity index (χ0n) is 18.6. The number of sulfone groups is 1. The summed E-state index contributed by atoms with van der Waals surface area (Å²) in [7, 11) is -1.85. The highest BCUT2D eigenvalue weighted by atomic mass is 32.2. The average Bonchev–Trinajstić information content (AvgIpc) is 2.78. The minimum atomic E-state index is -3.45. The topological polar surface area (TPSA) is 65.4 Å². The molecule has 0 unspecified atom stereocenters. The molecule has 0 amide bonds. The molecule has 3 aromatic rings. The summed E-state index contributed by atoms with van der Waals surface area (Å²) < 4.78 is 46.9. The van der Waals surface area contributed by atoms with E-state index in [1.54, 1.807) is 44.4 Å². The van der Waals surface area contributed by atoms with E-state index < -0.39 is 15.7 Å². The summed E-state index contributed by atoms with van der Waals surface area (Å²) >= 11 is 0. The number of rotatable bonds is 5. The lowest BCUT2D eigenvalue weighted by atomic mass is 9.89. The van der Waals surface area contributed by atoms with E-state index in [2.05, 4.69) is 6.92 Å². The molecule has 32 heavy (non-hydrogen) atoms. The fourth-order valence-electron chi connectivity index (χ4n) is 4.36. The maximum Gasteiger partial charge on any atom is 0.258 e. The number of pyridine rings is 1. The van der Waals surface area contributed by atoms with Crippen LogP contribution in [0.1, 0.15) is 39.5 Å². The van der Waals surface area contributed by atoms with Crippen LogP contribution in [0, 0.1) is 11.7 Å². The molecule has 1 saturated carbocycles. The second-order valence-corrected chi connectivity index (χ2v) is 11.0. The Balaban J connectivity index is 1.92. The van der Waals surface area contributed by atoms with Crippen LogP contribution in [0.3, 0.4) is 0 Å². The summed E-state index contributed by atoms with van der Waals surface area (Å²) in [6.45, 7) is 3.84. The Morgan fingerprint density at radius 1 is 1.03 bits per heavy atom. The predicted molar refractivity (Wildman–Crippen MR) is 124 cm³/mol. The highest BCUT2D eigenvalue weighted by molar-refractivity contribution is 7.91. The molecule has 5 nitrogen and oxygen atoms in total. The zero-order valence-corrected chi connectivity index (χ0v) is 19.4. The van der Waals surface area contributed by atoms with Crippen LogP contribution in [0.25, 0.3) is 21.9 Å². The van der Waals surface area contributed by atoms with Gasteiger partial charge in [-0.05, 0) is 67.3 Å². The number of aryl methyl sites for hydroxylation is 1. The van der Waals surface area contributed by atoms with Crippen molar-refractivity contribution in [2.24, 2.45) is 13.0 Å². The molecule has 1 heterocycles. The van der Waals surface area contributed by atoms with Crippen LogP contribution in [-0.4, -0.2) is 24.8 Å². The molecule has 0 N–H and O–H groups in total. The van der Waals surface area contributed by atoms with Crippen molar-refractivity contribution in [3.63, 3.8) is 0 Å². The molecular formula is C25H28FNO4S. The molecule has 4 rings (SSSR count). The number of fused-ring (bicyclic) bond motifs is 1. The third-order valence-corrected chi connectivity index (χ3v) is 8.11. The summed E-state index contributed by atoms with van der Waals surface area (Å²) in [6.07, 6.45) is 5.77. The Morgan fingerprint density at radius 3 is 2.44 bits per heavy atom. The first-order chi connectivity index (χ1) is 15.2. The van der Waals surface area contributed by atoms with Crippen LogP contribution in [0.15, 0.2) is 52.3 Å². The first-order valence-corrected chi connectivity index (χ1v) is 12.7. The number of hydrogen-bond acceptors (Lipinski definition) is 4. The van der Waals surface area contributed by atoms with Crippen molar-refractivity contribution >= 4 is 20.6 Å². The van der Waals surface area contributed by atoms with Gasteiger partial charge in [-0.15, -0.1) is 0 Å². The van der Waals surface area contributed by atoms with Gasteiger partial charge in [0.25, 0.3) is 5.56 Å². The summed E-state index contributed by atoms with van der Waals surface area (Å²) in [4.78, 5) is 12.8. The monoisotopic (exact) mass is 457 g/mol. The van der Waals surface area contributed by atoms with Gasteiger partial charge in [-0.25, -0.2) is 12.8 Å². The van der Waals surface area contributed by atoms with Crippen LogP contribution in [0.4, 0.5) is 4.39 Å². The van der Waals surface area contributed by atoms with E-state index in [-0.39, 0.29) is 27.7 Å². The number of aromatic nitrogens is 1. The third-order valence-electron chi connectivity index (χ3n) is 6.38. The minimum Gasteiger partial charge on any atom is -0.490 e. The van der Waals surface area contributed by atoms with Gasteiger partial charge < -0.3 is 9.30 Å². The molecule has 170 valence electrons. The van der Waals surface area contributed by atoms with Crippen molar-refractivity contribution in [2.75, 3.05) is 5.75 Å². The molecule has 1 aromatic heterocycles. The molecule has 0 aliphatic heterocycles. The molecule has 1 aliphatic carbocycles. The van der Waals surface area contributed by atoms with Crippen molar-refractivity contribution < 1.29 is 17.5 Å². The lowest BCUT2D eigenvalue weighted by Crippen LogP contribution is -2.23. The second kappa shape index (κ2) is 8.70. The lowest BCUT2D eigenvalue weighted by Gasteiger charge is -2.28. The van der Waals surface area contributed by atoms with Crippen LogP contribution >= 0.6 is 0 Å². The molecule has 0 atom stereocenters. The van der Waals surface area contributed by atoms with Gasteiger partial charge in [-0.2, -0.15) is 0 Å². The molecule has 7 heteroatoms. The number of nitrogens with zero attached hydrogens (tertiary/aromatic N) is 1. The highest BCUT2D eigenvalue weighted by Crippen LogP contribution is 2.38. The molecule has 0 bridgehead atoms. The van der Waals surface area contributed by atoms with Crippen molar-refractivity contribution in [1.82, 2.24) is 4.57 Å². The Labute approximate surface area is 187 Å². The number of hydrogen-bond donors (Lipinski definition) is 0. The third kappa shape index (κ3) is 4.31. The van der Waals surface area contributed by atoms with Crippen molar-refractivity contribution in [1.29, 1.82) is 0 Å². The first-order valence-electron chi connectivity index (χ1n) is 11.0. The minimum absolute atomic E-state index is 0.0214. The standard InChI is InChI=1S/C25H28FNO4S/c1-4-32(29,30)19-10-12-24(31-18-8-5-16(2)6-9-18)21(14-19)23-15-27(3)25(28)22-13-17(26)7-11-20(22)23/h7,10-16,18H,4-6,8-9H2,1-3H3/t16-,18-. The molecule has 0 spiro atoms. The summed E-state index contributed by atoms with van der Waals surface area (Å²) in [5.41, 5.74) is 0.907. The van der Waals surface area contributed by atoms with Gasteiger partial charge >= 0.3 is 0 Å². The number of halogens is 1. The van der Waals surface area contributed by atoms with Crippen LogP contribution in [-0.2, 0) is 16.9 Å². The lowest BCUT2D eigenvalue weighted by molar-refractivity contribution is 0.136. The van der Waals surface area contributed by atoms with Crippen molar-refractivity contribution in [3.8, 4) is 16.9 Å². The Kier molecular flexibility index (Phi) is 6.12. The van der Waals surface area contributed by atoms with Crippen LogP contribution in [0.5, 0.6) is 5.75 Å². The van der Waals surface area contributed by atoms with Gasteiger partial charge in [0.15, 0.2) is 9.84 Å². The van der Waals surface area contributed by atoms with Crippen LogP contribution < -0.4 is 10.3 Å². The summed E-state index contributed by atoms with van der Waals surface area (Å²) in [5, 5.41) is 0.800. The maximum atomic E-state index is 13.9. The van der Waals surface area contributed by atoms with Gasteiger partial charge in [-0.3, -0.25) is 4.79 Å². The highest BCUT2D eigenvalue weighted by Gasteiger charge is 2.23. The zero-order chi connectivity index (χ0) is 23.0. The fraction of sp³-hybridized carbons (Fsp3) is 0.400. The fourth-order valence-corrected chi connectivity index (χ4v) is 5.27. The number of ether oxygens (including phenoxy) is 1. The van der Waals surface area contributed by atoms with Gasteiger partial charge in [0.1, 0.15) is 11.6 Å². The van der Waals surface area contributed by atoms with Gasteiger partial charge in [0, 0.05) is 24.4 Å². The van der Waals surface area contributed by atoms with Crippen molar-refractivity contribution in [3.05, 3.63) is 58.8 Å². The molecule has 0 saturated heterocycles. The molecule has 2 aromatic carbocycles. The van der Waals surface area contributed by atoms with E-state index in [4.69, 9.17) is 4.74 Å². The van der Waals surface area contributed by atoms with Crippen molar-refractivity contribution in [2.45, 2.75) is 50.5 Å². The SMILES string of the molecule is CCS(=O)(=O)c1ccc(O[C@H]2CC[C@H](C)CC2)c(-c2cn(C)c(=O)c3cc(F)ccc23)c1. The Hall–Kier alpha value is -2.67. The molecule has 1 aliphatic rings. The van der Waals surface area contributed by atoms with E-state index in [0.29, 0.717) is 28.2 Å². The summed E-state index contributed by atoms with van der Waals surface area (Å²) in [5.74, 6) is 0.728. The normalized spacial score (nSPS) is 19.2. The molecular weight excluding hydrogens is 429 g/mol. The quantitative estimate of drug-likeness (QED) is 0.535. The average molecular weight is 458 g/mol. The van der Waals surface area contributed by atoms with E-state index >= 15 is 0 Å². The smallest absolute Gasteiger partial charge is 0.258 e. The van der Waals surface area contributed by atoms with E-state index in [9.17, 15) is 17.6 Å².